The van der Waals surface area contributed by atoms with Crippen LogP contribution in [0.2, 0.25) is 0 Å². The molecule has 0 bridgehead atoms. The van der Waals surface area contributed by atoms with E-state index < -0.39 is 54.0 Å². The van der Waals surface area contributed by atoms with Crippen molar-refractivity contribution in [2.45, 2.75) is 0 Å². The Morgan fingerprint density at radius 2 is 1.33 bits per heavy atom. The molecule has 0 atom stereocenters. The van der Waals surface area contributed by atoms with Crippen LogP contribution in [0.25, 0.3) is 0 Å². The van der Waals surface area contributed by atoms with Gasteiger partial charge in [-0.15, -0.1) is 0 Å². The second kappa shape index (κ2) is 10.4. The maximum absolute atomic E-state index is 12.3. The van der Waals surface area contributed by atoms with Crippen molar-refractivity contribution >= 4 is 40.6 Å². The molecule has 182 valence electrons. The fourth-order valence-corrected chi connectivity index (χ4v) is 2.77. The Hall–Kier alpha value is -5.80. The van der Waals surface area contributed by atoms with E-state index in [-0.39, 0.29) is 11.4 Å². The Balaban J connectivity index is 1.70. The van der Waals surface area contributed by atoms with E-state index in [2.05, 4.69) is 10.5 Å². The highest BCUT2D eigenvalue weighted by molar-refractivity contribution is 5.92. The lowest BCUT2D eigenvalue weighted by molar-refractivity contribution is -0.394. The summed E-state index contributed by atoms with van der Waals surface area (Å²) in [7, 11) is 0. The van der Waals surface area contributed by atoms with E-state index in [4.69, 9.17) is 4.74 Å². The third-order valence-electron chi connectivity index (χ3n) is 4.44. The topological polar surface area (TPSA) is 223 Å². The summed E-state index contributed by atoms with van der Waals surface area (Å²) in [6.07, 6.45) is 1.26. The third-order valence-corrected chi connectivity index (χ3v) is 4.44. The number of hydrogen-bond donors (Lipinski definition) is 1. The molecular weight excluding hydrogens is 484 g/mol. The predicted molar refractivity (Wildman–Crippen MR) is 122 cm³/mol. The first-order chi connectivity index (χ1) is 17.0. The van der Waals surface area contributed by atoms with E-state index in [1.165, 1.54) is 30.5 Å². The summed E-state index contributed by atoms with van der Waals surface area (Å²) in [5.74, 6) is -1.04. The maximum Gasteiger partial charge on any atom is 0.344 e. The van der Waals surface area contributed by atoms with E-state index >= 15 is 0 Å². The molecule has 0 unspecified atom stereocenters. The van der Waals surface area contributed by atoms with Crippen LogP contribution in [0, 0.1) is 40.5 Å². The van der Waals surface area contributed by atoms with Gasteiger partial charge in [0, 0.05) is 18.2 Å². The Kier molecular flexibility index (Phi) is 7.19. The zero-order valence-electron chi connectivity index (χ0n) is 17.7. The number of benzene rings is 3. The van der Waals surface area contributed by atoms with Crippen LogP contribution in [0.4, 0.5) is 28.4 Å². The van der Waals surface area contributed by atoms with Crippen LogP contribution < -0.4 is 10.2 Å². The first-order valence-corrected chi connectivity index (χ1v) is 9.53. The van der Waals surface area contributed by atoms with Crippen LogP contribution in [0.1, 0.15) is 15.9 Å². The summed E-state index contributed by atoms with van der Waals surface area (Å²) in [6.45, 7) is 0. The smallest absolute Gasteiger partial charge is 0.344 e. The number of esters is 1. The van der Waals surface area contributed by atoms with Gasteiger partial charge in [0.25, 0.3) is 17.1 Å². The van der Waals surface area contributed by atoms with Crippen molar-refractivity contribution in [3.05, 3.63) is 112 Å². The number of rotatable bonds is 9. The van der Waals surface area contributed by atoms with Crippen molar-refractivity contribution in [1.82, 2.24) is 0 Å². The highest BCUT2D eigenvalue weighted by atomic mass is 16.6. The Morgan fingerprint density at radius 1 is 0.750 bits per heavy atom. The van der Waals surface area contributed by atoms with Gasteiger partial charge in [0.05, 0.1) is 43.6 Å². The average molecular weight is 496 g/mol. The quantitative estimate of drug-likeness (QED) is 0.146. The molecule has 3 rings (SSSR count). The van der Waals surface area contributed by atoms with Crippen LogP contribution in [-0.2, 0) is 0 Å². The summed E-state index contributed by atoms with van der Waals surface area (Å²) < 4.78 is 5.10. The molecule has 0 aliphatic heterocycles. The van der Waals surface area contributed by atoms with Gasteiger partial charge in [0.1, 0.15) is 11.4 Å². The first-order valence-electron chi connectivity index (χ1n) is 9.53. The first kappa shape index (κ1) is 24.8. The van der Waals surface area contributed by atoms with Gasteiger partial charge >= 0.3 is 11.7 Å². The highest BCUT2D eigenvalue weighted by Gasteiger charge is 2.21. The number of ether oxygens (including phenoxy) is 1. The SMILES string of the molecule is O=C(Oc1ccc(/C=N\Nc2ccc([N+](=O)[O-])cc2[N+](=O)[O-])cc1)c1cc([N+](=O)[O-])cc([N+](=O)[O-])c1. The van der Waals surface area contributed by atoms with Crippen molar-refractivity contribution in [2.24, 2.45) is 5.10 Å². The minimum Gasteiger partial charge on any atom is -0.423 e. The zero-order valence-corrected chi connectivity index (χ0v) is 17.7. The van der Waals surface area contributed by atoms with E-state index in [0.29, 0.717) is 11.6 Å². The molecule has 0 aromatic heterocycles. The van der Waals surface area contributed by atoms with Crippen molar-refractivity contribution in [3.8, 4) is 5.75 Å². The Bertz CT molecular complexity index is 1390. The number of nitrogens with one attached hydrogen (secondary N) is 1. The van der Waals surface area contributed by atoms with Gasteiger partial charge in [0.2, 0.25) is 0 Å². The van der Waals surface area contributed by atoms with E-state index in [1.807, 2.05) is 0 Å². The van der Waals surface area contributed by atoms with Gasteiger partial charge in [-0.05, 0) is 35.9 Å². The number of hydrazone groups is 1. The molecule has 3 aromatic rings. The summed E-state index contributed by atoms with van der Waals surface area (Å²) in [6, 6.07) is 11.0. The van der Waals surface area contributed by atoms with E-state index in [9.17, 15) is 45.3 Å². The molecule has 0 saturated heterocycles. The molecule has 0 aliphatic carbocycles. The molecule has 0 heterocycles. The standard InChI is InChI=1S/C20H12N6O10/c27-20(13-7-15(24(30)31)9-16(8-13)25(32)33)36-17-4-1-12(2-5-17)11-21-22-18-6-3-14(23(28)29)10-19(18)26(34)35/h1-11,22H/b21-11-. The van der Waals surface area contributed by atoms with Crippen LogP contribution in [0.3, 0.4) is 0 Å². The van der Waals surface area contributed by atoms with Gasteiger partial charge < -0.3 is 4.74 Å². The number of nitro groups is 4. The fourth-order valence-electron chi connectivity index (χ4n) is 2.77. The number of carbonyl (C=O) groups excluding carboxylic acids is 1. The second-order valence-electron chi connectivity index (χ2n) is 6.80. The molecule has 0 amide bonds. The van der Waals surface area contributed by atoms with Crippen molar-refractivity contribution < 1.29 is 29.2 Å². The summed E-state index contributed by atoms with van der Waals surface area (Å²) in [4.78, 5) is 52.9. The molecule has 36 heavy (non-hydrogen) atoms. The Labute approximate surface area is 199 Å². The summed E-state index contributed by atoms with van der Waals surface area (Å²) in [5, 5.41) is 47.7. The Morgan fingerprint density at radius 3 is 1.86 bits per heavy atom. The van der Waals surface area contributed by atoms with Crippen LogP contribution in [-0.4, -0.2) is 31.9 Å². The lowest BCUT2D eigenvalue weighted by Gasteiger charge is -2.05. The minimum absolute atomic E-state index is 0.0188. The van der Waals surface area contributed by atoms with Crippen LogP contribution >= 0.6 is 0 Å². The summed E-state index contributed by atoms with van der Waals surface area (Å²) >= 11 is 0. The van der Waals surface area contributed by atoms with E-state index in [1.54, 1.807) is 0 Å². The van der Waals surface area contributed by atoms with Crippen LogP contribution in [0.5, 0.6) is 5.75 Å². The molecule has 0 fully saturated rings. The predicted octanol–water partition coefficient (Wildman–Crippen LogP) is 3.98. The van der Waals surface area contributed by atoms with Gasteiger partial charge in [-0.2, -0.15) is 5.10 Å². The maximum atomic E-state index is 12.3. The summed E-state index contributed by atoms with van der Waals surface area (Å²) in [5.41, 5.74) is 0.0871. The molecule has 1 N–H and O–H groups in total. The second-order valence-corrected chi connectivity index (χ2v) is 6.80. The van der Waals surface area contributed by atoms with Gasteiger partial charge in [-0.3, -0.25) is 45.9 Å². The van der Waals surface area contributed by atoms with Gasteiger partial charge in [-0.25, -0.2) is 4.79 Å². The molecule has 0 aliphatic rings. The monoisotopic (exact) mass is 496 g/mol. The van der Waals surface area contributed by atoms with E-state index in [0.717, 1.165) is 30.3 Å². The van der Waals surface area contributed by atoms with Gasteiger partial charge in [0.15, 0.2) is 0 Å². The fraction of sp³-hybridized carbons (Fsp3) is 0. The molecule has 0 saturated carbocycles. The number of non-ortho nitro benzene ring substituents is 3. The number of nitrogens with zero attached hydrogens (tertiary/aromatic N) is 5. The largest absolute Gasteiger partial charge is 0.423 e. The molecule has 3 aromatic carbocycles. The number of nitro benzene ring substituents is 4. The van der Waals surface area contributed by atoms with Crippen molar-refractivity contribution in [3.63, 3.8) is 0 Å². The average Bonchev–Trinajstić information content (AvgIpc) is 2.84. The van der Waals surface area contributed by atoms with Crippen molar-refractivity contribution in [2.75, 3.05) is 5.43 Å². The normalized spacial score (nSPS) is 10.6. The molecular formula is C20H12N6O10. The number of anilines is 1. The third kappa shape index (κ3) is 5.95. The zero-order chi connectivity index (χ0) is 26.4. The number of hydrogen-bond acceptors (Lipinski definition) is 12. The van der Waals surface area contributed by atoms with Gasteiger partial charge in [-0.1, -0.05) is 0 Å². The lowest BCUT2D eigenvalue weighted by atomic mass is 10.1. The highest BCUT2D eigenvalue weighted by Crippen LogP contribution is 2.29. The lowest BCUT2D eigenvalue weighted by Crippen LogP contribution is -2.09. The minimum atomic E-state index is -1.06. The number of carbonyl (C=O) groups is 1. The molecule has 0 radical (unpaired) electrons. The molecule has 16 heteroatoms. The molecule has 16 nitrogen and oxygen atoms in total. The van der Waals surface area contributed by atoms with Crippen LogP contribution in [0.15, 0.2) is 65.8 Å². The van der Waals surface area contributed by atoms with Crippen molar-refractivity contribution in [1.29, 1.82) is 0 Å². The molecule has 0 spiro atoms.